The van der Waals surface area contributed by atoms with E-state index in [4.69, 9.17) is 0 Å². The Kier molecular flexibility index (Phi) is 4.39. The second-order valence-electron chi connectivity index (χ2n) is 4.92. The van der Waals surface area contributed by atoms with E-state index in [9.17, 15) is 18.0 Å². The van der Waals surface area contributed by atoms with Gasteiger partial charge in [-0.25, -0.2) is 0 Å². The fourth-order valence-electron chi connectivity index (χ4n) is 2.18. The molecule has 2 atom stereocenters. The number of carbonyl (C=O) groups is 1. The van der Waals surface area contributed by atoms with E-state index in [0.717, 1.165) is 18.7 Å². The van der Waals surface area contributed by atoms with Gasteiger partial charge in [-0.2, -0.15) is 13.2 Å². The molecule has 1 aromatic carbocycles. The smallest absolute Gasteiger partial charge is 0.325 e. The van der Waals surface area contributed by atoms with Gasteiger partial charge in [0.25, 0.3) is 0 Å². The Bertz CT molecular complexity index is 519. The fraction of sp³-hybridized carbons (Fsp3) is 0.462. The van der Waals surface area contributed by atoms with Crippen molar-refractivity contribution in [2.75, 3.05) is 18.4 Å². The Balaban J connectivity index is 2.18. The molecule has 0 aliphatic carbocycles. The van der Waals surface area contributed by atoms with E-state index >= 15 is 0 Å². The zero-order valence-corrected chi connectivity index (χ0v) is 12.3. The van der Waals surface area contributed by atoms with Crippen molar-refractivity contribution in [2.24, 2.45) is 11.8 Å². The molecule has 0 bridgehead atoms. The second-order valence-corrected chi connectivity index (χ2v) is 5.78. The fourth-order valence-corrected chi connectivity index (χ4v) is 2.53. The number of alkyl halides is 3. The molecular weight excluding hydrogens is 337 g/mol. The Labute approximate surface area is 123 Å². The number of amides is 1. The van der Waals surface area contributed by atoms with Crippen molar-refractivity contribution in [2.45, 2.75) is 13.1 Å². The Morgan fingerprint density at radius 2 is 2.10 bits per heavy atom. The van der Waals surface area contributed by atoms with Crippen LogP contribution >= 0.6 is 15.9 Å². The molecule has 1 fully saturated rings. The predicted molar refractivity (Wildman–Crippen MR) is 73.3 cm³/mol. The topological polar surface area (TPSA) is 41.1 Å². The molecule has 0 saturated carbocycles. The van der Waals surface area contributed by atoms with Gasteiger partial charge in [0.1, 0.15) is 0 Å². The minimum absolute atomic E-state index is 0.143. The SMILES string of the molecule is C[C@@H]1CNC[C@H]1C(=O)Nc1cc(C(F)(F)F)ccc1Br. The van der Waals surface area contributed by atoms with E-state index in [1.54, 1.807) is 0 Å². The lowest BCUT2D eigenvalue weighted by atomic mass is 9.97. The van der Waals surface area contributed by atoms with E-state index in [1.807, 2.05) is 6.92 Å². The van der Waals surface area contributed by atoms with Crippen molar-refractivity contribution in [1.82, 2.24) is 5.32 Å². The Morgan fingerprint density at radius 3 is 2.65 bits per heavy atom. The van der Waals surface area contributed by atoms with Gasteiger partial charge in [0.05, 0.1) is 17.2 Å². The van der Waals surface area contributed by atoms with Crippen molar-refractivity contribution in [3.63, 3.8) is 0 Å². The minimum atomic E-state index is -4.43. The maximum Gasteiger partial charge on any atom is 0.416 e. The molecule has 1 heterocycles. The lowest BCUT2D eigenvalue weighted by Crippen LogP contribution is -2.28. The molecular formula is C13H14BrF3N2O. The normalized spacial score (nSPS) is 22.9. The van der Waals surface area contributed by atoms with Crippen molar-refractivity contribution >= 4 is 27.5 Å². The molecule has 1 aliphatic rings. The van der Waals surface area contributed by atoms with Gasteiger partial charge in [-0.15, -0.1) is 0 Å². The van der Waals surface area contributed by atoms with Crippen LogP contribution in [-0.2, 0) is 11.0 Å². The number of rotatable bonds is 2. The highest BCUT2D eigenvalue weighted by molar-refractivity contribution is 9.10. The van der Waals surface area contributed by atoms with Crippen LogP contribution < -0.4 is 10.6 Å². The van der Waals surface area contributed by atoms with Crippen molar-refractivity contribution < 1.29 is 18.0 Å². The predicted octanol–water partition coefficient (Wildman–Crippen LogP) is 3.26. The van der Waals surface area contributed by atoms with E-state index in [-0.39, 0.29) is 23.4 Å². The standard InChI is InChI=1S/C13H14BrF3N2O/c1-7-5-18-6-9(7)12(20)19-11-4-8(13(15,16)17)2-3-10(11)14/h2-4,7,9,18H,5-6H2,1H3,(H,19,20)/t7-,9-/m1/s1. The summed E-state index contributed by atoms with van der Waals surface area (Å²) in [6.45, 7) is 3.22. The van der Waals surface area contributed by atoms with Crippen molar-refractivity contribution in [3.05, 3.63) is 28.2 Å². The van der Waals surface area contributed by atoms with E-state index in [1.165, 1.54) is 6.07 Å². The van der Waals surface area contributed by atoms with Crippen LogP contribution in [0.2, 0.25) is 0 Å². The quantitative estimate of drug-likeness (QED) is 0.859. The molecule has 2 N–H and O–H groups in total. The molecule has 1 aromatic rings. The van der Waals surface area contributed by atoms with E-state index in [2.05, 4.69) is 26.6 Å². The van der Waals surface area contributed by atoms with Crippen molar-refractivity contribution in [3.8, 4) is 0 Å². The Morgan fingerprint density at radius 1 is 1.40 bits per heavy atom. The molecule has 0 aromatic heterocycles. The van der Waals surface area contributed by atoms with Gasteiger partial charge in [-0.3, -0.25) is 4.79 Å². The zero-order valence-electron chi connectivity index (χ0n) is 10.7. The summed E-state index contributed by atoms with van der Waals surface area (Å²) >= 11 is 3.15. The number of anilines is 1. The van der Waals surface area contributed by atoms with Gasteiger partial charge in [0.2, 0.25) is 5.91 Å². The first-order chi connectivity index (χ1) is 9.29. The van der Waals surface area contributed by atoms with Crippen molar-refractivity contribution in [1.29, 1.82) is 0 Å². The Hall–Kier alpha value is -1.08. The average molecular weight is 351 g/mol. The number of benzene rings is 1. The maximum absolute atomic E-state index is 12.7. The highest BCUT2D eigenvalue weighted by atomic mass is 79.9. The molecule has 1 aliphatic heterocycles. The molecule has 2 rings (SSSR count). The third kappa shape index (κ3) is 3.32. The van der Waals surface area contributed by atoms with E-state index in [0.29, 0.717) is 11.0 Å². The lowest BCUT2D eigenvalue weighted by molar-refractivity contribution is -0.137. The molecule has 110 valence electrons. The van der Waals surface area contributed by atoms with Gasteiger partial charge >= 0.3 is 6.18 Å². The summed E-state index contributed by atoms with van der Waals surface area (Å²) in [5.74, 6) is -0.321. The van der Waals surface area contributed by atoms with Crippen LogP contribution in [0.3, 0.4) is 0 Å². The lowest BCUT2D eigenvalue weighted by Gasteiger charge is -2.16. The monoisotopic (exact) mass is 350 g/mol. The van der Waals surface area contributed by atoms with Crippen LogP contribution in [-0.4, -0.2) is 19.0 Å². The van der Waals surface area contributed by atoms with Crippen LogP contribution in [0.4, 0.5) is 18.9 Å². The number of hydrogen-bond acceptors (Lipinski definition) is 2. The third-order valence-electron chi connectivity index (χ3n) is 3.41. The minimum Gasteiger partial charge on any atom is -0.325 e. The number of nitrogens with one attached hydrogen (secondary N) is 2. The zero-order chi connectivity index (χ0) is 14.9. The first-order valence-electron chi connectivity index (χ1n) is 6.17. The van der Waals surface area contributed by atoms with Crippen LogP contribution in [0.15, 0.2) is 22.7 Å². The molecule has 7 heteroatoms. The average Bonchev–Trinajstić information content (AvgIpc) is 2.77. The second kappa shape index (κ2) is 5.73. The molecule has 1 amide bonds. The first kappa shape index (κ1) is 15.3. The summed E-state index contributed by atoms with van der Waals surface area (Å²) in [6.07, 6.45) is -4.43. The van der Waals surface area contributed by atoms with Gasteiger partial charge in [-0.05, 0) is 46.6 Å². The van der Waals surface area contributed by atoms with Gasteiger partial charge in [0, 0.05) is 11.0 Å². The highest BCUT2D eigenvalue weighted by Crippen LogP contribution is 2.34. The molecule has 0 spiro atoms. The molecule has 0 unspecified atom stereocenters. The largest absolute Gasteiger partial charge is 0.416 e. The molecule has 0 radical (unpaired) electrons. The van der Waals surface area contributed by atoms with Crippen LogP contribution in [0.1, 0.15) is 12.5 Å². The third-order valence-corrected chi connectivity index (χ3v) is 4.10. The van der Waals surface area contributed by atoms with E-state index < -0.39 is 11.7 Å². The summed E-state index contributed by atoms with van der Waals surface area (Å²) in [5, 5.41) is 5.66. The number of carbonyl (C=O) groups excluding carboxylic acids is 1. The summed E-state index contributed by atoms with van der Waals surface area (Å²) < 4.78 is 38.4. The van der Waals surface area contributed by atoms with Crippen LogP contribution in [0.5, 0.6) is 0 Å². The summed E-state index contributed by atoms with van der Waals surface area (Å²) in [5.41, 5.74) is -0.641. The first-order valence-corrected chi connectivity index (χ1v) is 6.96. The van der Waals surface area contributed by atoms with Gasteiger partial charge in [-0.1, -0.05) is 6.92 Å². The summed E-state index contributed by atoms with van der Waals surface area (Å²) in [7, 11) is 0. The summed E-state index contributed by atoms with van der Waals surface area (Å²) in [4.78, 5) is 12.1. The number of hydrogen-bond donors (Lipinski definition) is 2. The molecule has 20 heavy (non-hydrogen) atoms. The molecule has 1 saturated heterocycles. The van der Waals surface area contributed by atoms with Gasteiger partial charge in [0.15, 0.2) is 0 Å². The summed E-state index contributed by atoms with van der Waals surface area (Å²) in [6, 6.07) is 3.20. The van der Waals surface area contributed by atoms with Crippen LogP contribution in [0, 0.1) is 11.8 Å². The maximum atomic E-state index is 12.7. The highest BCUT2D eigenvalue weighted by Gasteiger charge is 2.32. The van der Waals surface area contributed by atoms with Crippen LogP contribution in [0.25, 0.3) is 0 Å². The number of halogens is 4. The molecule has 3 nitrogen and oxygen atoms in total. The van der Waals surface area contributed by atoms with Gasteiger partial charge < -0.3 is 10.6 Å².